The predicted octanol–water partition coefficient (Wildman–Crippen LogP) is 3.66. The Morgan fingerprint density at radius 1 is 1.25 bits per heavy atom. The van der Waals surface area contributed by atoms with Gasteiger partial charge in [0.1, 0.15) is 5.82 Å². The number of carbonyl (C=O) groups is 1. The summed E-state index contributed by atoms with van der Waals surface area (Å²) in [5.74, 6) is -1.72. The second-order valence-electron chi connectivity index (χ2n) is 3.09. The third-order valence-corrected chi connectivity index (χ3v) is 2.06. The van der Waals surface area contributed by atoms with E-state index in [1.54, 1.807) is 0 Å². The van der Waals surface area contributed by atoms with Gasteiger partial charge in [-0.15, -0.1) is 11.6 Å². The van der Waals surface area contributed by atoms with Gasteiger partial charge in [0.25, 0.3) is 0 Å². The monoisotopic (exact) mass is 254 g/mol. The molecular weight excluding hydrogens is 248 g/mol. The standard InChI is InChI=1S/C10H7ClF4O/c11-2-1-9(16)6-3-7(10(13,14)15)5-8(12)4-6/h3-5H,1-2H2. The summed E-state index contributed by atoms with van der Waals surface area (Å²) in [7, 11) is 0. The van der Waals surface area contributed by atoms with E-state index < -0.39 is 23.3 Å². The van der Waals surface area contributed by atoms with Gasteiger partial charge in [-0.25, -0.2) is 4.39 Å². The Kier molecular flexibility index (Phi) is 3.91. The Morgan fingerprint density at radius 3 is 2.38 bits per heavy atom. The number of alkyl halides is 4. The maximum Gasteiger partial charge on any atom is 0.416 e. The van der Waals surface area contributed by atoms with E-state index in [9.17, 15) is 22.4 Å². The van der Waals surface area contributed by atoms with Gasteiger partial charge in [0.2, 0.25) is 0 Å². The lowest BCUT2D eigenvalue weighted by atomic mass is 10.1. The average molecular weight is 255 g/mol. The number of hydrogen-bond donors (Lipinski definition) is 0. The van der Waals surface area contributed by atoms with E-state index in [2.05, 4.69) is 0 Å². The second kappa shape index (κ2) is 4.82. The van der Waals surface area contributed by atoms with Crippen LogP contribution in [-0.4, -0.2) is 11.7 Å². The maximum absolute atomic E-state index is 12.9. The zero-order chi connectivity index (χ0) is 12.3. The largest absolute Gasteiger partial charge is 0.416 e. The molecule has 0 spiro atoms. The molecule has 0 aromatic heterocycles. The summed E-state index contributed by atoms with van der Waals surface area (Å²) in [6.45, 7) is 0. The molecule has 88 valence electrons. The molecule has 0 saturated carbocycles. The first kappa shape index (κ1) is 13.0. The molecule has 0 amide bonds. The zero-order valence-electron chi connectivity index (χ0n) is 7.94. The molecule has 1 aromatic rings. The van der Waals surface area contributed by atoms with Crippen LogP contribution in [0.15, 0.2) is 18.2 Å². The SMILES string of the molecule is O=C(CCCl)c1cc(F)cc(C(F)(F)F)c1. The molecule has 0 atom stereocenters. The van der Waals surface area contributed by atoms with Crippen LogP contribution in [0.3, 0.4) is 0 Å². The molecule has 0 heterocycles. The Hall–Kier alpha value is -1.10. The maximum atomic E-state index is 12.9. The second-order valence-corrected chi connectivity index (χ2v) is 3.47. The van der Waals surface area contributed by atoms with Crippen molar-refractivity contribution < 1.29 is 22.4 Å². The summed E-state index contributed by atoms with van der Waals surface area (Å²) in [6.07, 6.45) is -4.79. The van der Waals surface area contributed by atoms with Crippen molar-refractivity contribution in [3.8, 4) is 0 Å². The quantitative estimate of drug-likeness (QED) is 0.457. The van der Waals surface area contributed by atoms with Crippen molar-refractivity contribution in [2.75, 3.05) is 5.88 Å². The van der Waals surface area contributed by atoms with Crippen LogP contribution in [0.2, 0.25) is 0 Å². The number of rotatable bonds is 3. The van der Waals surface area contributed by atoms with E-state index in [1.807, 2.05) is 0 Å². The summed E-state index contributed by atoms with van der Waals surface area (Å²) in [5, 5.41) is 0. The van der Waals surface area contributed by atoms with Gasteiger partial charge in [-0.2, -0.15) is 13.2 Å². The fraction of sp³-hybridized carbons (Fsp3) is 0.300. The van der Waals surface area contributed by atoms with Crippen LogP contribution < -0.4 is 0 Å². The Balaban J connectivity index is 3.13. The molecular formula is C10H7ClF4O. The van der Waals surface area contributed by atoms with E-state index in [-0.39, 0.29) is 17.9 Å². The highest BCUT2D eigenvalue weighted by Crippen LogP contribution is 2.30. The van der Waals surface area contributed by atoms with Crippen LogP contribution in [0, 0.1) is 5.82 Å². The lowest BCUT2D eigenvalue weighted by Gasteiger charge is -2.08. The number of benzene rings is 1. The Labute approximate surface area is 94.0 Å². The van der Waals surface area contributed by atoms with E-state index >= 15 is 0 Å². The van der Waals surface area contributed by atoms with Crippen molar-refractivity contribution in [3.63, 3.8) is 0 Å². The number of halogens is 5. The minimum absolute atomic E-state index is 0.0172. The first-order valence-corrected chi connectivity index (χ1v) is 4.85. The summed E-state index contributed by atoms with van der Waals surface area (Å²) in [6, 6.07) is 1.74. The molecule has 1 aromatic carbocycles. The van der Waals surface area contributed by atoms with Gasteiger partial charge in [-0.3, -0.25) is 4.79 Å². The molecule has 16 heavy (non-hydrogen) atoms. The van der Waals surface area contributed by atoms with Gasteiger partial charge < -0.3 is 0 Å². The molecule has 0 unspecified atom stereocenters. The lowest BCUT2D eigenvalue weighted by molar-refractivity contribution is -0.137. The summed E-state index contributed by atoms with van der Waals surface area (Å²) in [5.41, 5.74) is -1.49. The molecule has 6 heteroatoms. The average Bonchev–Trinajstić information content (AvgIpc) is 2.16. The van der Waals surface area contributed by atoms with Gasteiger partial charge in [-0.05, 0) is 18.2 Å². The van der Waals surface area contributed by atoms with Gasteiger partial charge >= 0.3 is 6.18 Å². The van der Waals surface area contributed by atoms with E-state index in [0.29, 0.717) is 12.1 Å². The molecule has 0 saturated heterocycles. The highest BCUT2D eigenvalue weighted by molar-refractivity contribution is 6.19. The van der Waals surface area contributed by atoms with Crippen LogP contribution in [0.1, 0.15) is 22.3 Å². The van der Waals surface area contributed by atoms with Crippen LogP contribution in [0.25, 0.3) is 0 Å². The lowest BCUT2D eigenvalue weighted by Crippen LogP contribution is -2.09. The molecule has 0 N–H and O–H groups in total. The minimum atomic E-state index is -4.67. The van der Waals surface area contributed by atoms with Crippen LogP contribution in [-0.2, 0) is 6.18 Å². The van der Waals surface area contributed by atoms with Crippen LogP contribution in [0.5, 0.6) is 0 Å². The molecule has 0 aliphatic heterocycles. The topological polar surface area (TPSA) is 17.1 Å². The van der Waals surface area contributed by atoms with Crippen molar-refractivity contribution in [1.82, 2.24) is 0 Å². The predicted molar refractivity (Wildman–Crippen MR) is 51.1 cm³/mol. The number of Topliss-reactive ketones (excluding diaryl/α,β-unsaturated/α-hetero) is 1. The molecule has 1 rings (SSSR count). The number of ketones is 1. The van der Waals surface area contributed by atoms with Crippen LogP contribution in [0.4, 0.5) is 17.6 Å². The first-order valence-electron chi connectivity index (χ1n) is 4.31. The number of carbonyl (C=O) groups excluding carboxylic acids is 1. The molecule has 1 nitrogen and oxygen atoms in total. The molecule has 0 radical (unpaired) electrons. The van der Waals surface area contributed by atoms with Gasteiger partial charge in [-0.1, -0.05) is 0 Å². The van der Waals surface area contributed by atoms with Crippen molar-refractivity contribution >= 4 is 17.4 Å². The first-order chi connectivity index (χ1) is 7.34. The smallest absolute Gasteiger partial charge is 0.294 e. The van der Waals surface area contributed by atoms with E-state index in [1.165, 1.54) is 0 Å². The van der Waals surface area contributed by atoms with Crippen molar-refractivity contribution in [3.05, 3.63) is 35.1 Å². The molecule has 0 aliphatic rings. The minimum Gasteiger partial charge on any atom is -0.294 e. The molecule has 0 fully saturated rings. The third kappa shape index (κ3) is 3.20. The summed E-state index contributed by atoms with van der Waals surface area (Å²) < 4.78 is 49.8. The highest BCUT2D eigenvalue weighted by atomic mass is 35.5. The van der Waals surface area contributed by atoms with Crippen molar-refractivity contribution in [1.29, 1.82) is 0 Å². The fourth-order valence-electron chi connectivity index (χ4n) is 1.14. The normalized spacial score (nSPS) is 11.6. The fourth-order valence-corrected chi connectivity index (χ4v) is 1.32. The third-order valence-electron chi connectivity index (χ3n) is 1.87. The Bertz CT molecular complexity index is 400. The van der Waals surface area contributed by atoms with E-state index in [0.717, 1.165) is 6.07 Å². The number of hydrogen-bond acceptors (Lipinski definition) is 1. The summed E-state index contributed by atoms with van der Waals surface area (Å²) >= 11 is 5.28. The highest BCUT2D eigenvalue weighted by Gasteiger charge is 2.31. The molecule has 0 bridgehead atoms. The molecule has 0 aliphatic carbocycles. The van der Waals surface area contributed by atoms with E-state index in [4.69, 9.17) is 11.6 Å². The summed E-state index contributed by atoms with van der Waals surface area (Å²) in [4.78, 5) is 11.3. The Morgan fingerprint density at radius 2 is 1.88 bits per heavy atom. The van der Waals surface area contributed by atoms with Crippen molar-refractivity contribution in [2.24, 2.45) is 0 Å². The van der Waals surface area contributed by atoms with Gasteiger partial charge in [0, 0.05) is 17.9 Å². The van der Waals surface area contributed by atoms with Crippen LogP contribution >= 0.6 is 11.6 Å². The van der Waals surface area contributed by atoms with Gasteiger partial charge in [0.15, 0.2) is 5.78 Å². The van der Waals surface area contributed by atoms with Gasteiger partial charge in [0.05, 0.1) is 5.56 Å². The zero-order valence-corrected chi connectivity index (χ0v) is 8.70. The van der Waals surface area contributed by atoms with Crippen molar-refractivity contribution in [2.45, 2.75) is 12.6 Å².